The summed E-state index contributed by atoms with van der Waals surface area (Å²) in [6.45, 7) is 0.550. The van der Waals surface area contributed by atoms with Gasteiger partial charge in [0.1, 0.15) is 0 Å². The average Bonchev–Trinajstić information content (AvgIpc) is 3.11. The van der Waals surface area contributed by atoms with Gasteiger partial charge in [0.05, 0.1) is 11.5 Å². The fourth-order valence-electron chi connectivity index (χ4n) is 3.15. The van der Waals surface area contributed by atoms with Crippen LogP contribution in [0.25, 0.3) is 0 Å². The van der Waals surface area contributed by atoms with E-state index in [2.05, 4.69) is 26.1 Å². The van der Waals surface area contributed by atoms with Crippen LogP contribution in [-0.2, 0) is 10.3 Å². The third kappa shape index (κ3) is 2.57. The number of hydrogen-bond acceptors (Lipinski definition) is 5. The zero-order valence-electron chi connectivity index (χ0n) is 12.5. The second kappa shape index (κ2) is 5.42. The highest BCUT2D eigenvalue weighted by Gasteiger charge is 2.41. The van der Waals surface area contributed by atoms with Gasteiger partial charge in [-0.15, -0.1) is 0 Å². The third-order valence-corrected chi connectivity index (χ3v) is 5.22. The van der Waals surface area contributed by atoms with Crippen LogP contribution in [0.2, 0.25) is 0 Å². The van der Waals surface area contributed by atoms with Crippen molar-refractivity contribution in [3.05, 3.63) is 40.5 Å². The number of anilines is 1. The zero-order chi connectivity index (χ0) is 16.0. The van der Waals surface area contributed by atoms with Crippen molar-refractivity contribution in [2.75, 3.05) is 11.4 Å². The summed E-state index contributed by atoms with van der Waals surface area (Å²) in [5.74, 6) is 1.08. The molecule has 2 fully saturated rings. The first kappa shape index (κ1) is 14.8. The molecular formula is C16H17BrN4O2. The maximum absolute atomic E-state index is 12.3. The van der Waals surface area contributed by atoms with E-state index < -0.39 is 5.54 Å². The van der Waals surface area contributed by atoms with E-state index in [-0.39, 0.29) is 11.8 Å². The van der Waals surface area contributed by atoms with Gasteiger partial charge in [-0.25, -0.2) is 0 Å². The number of carbonyl (C=O) groups is 1. The Labute approximate surface area is 142 Å². The van der Waals surface area contributed by atoms with Crippen LogP contribution < -0.4 is 10.6 Å². The number of benzene rings is 1. The summed E-state index contributed by atoms with van der Waals surface area (Å²) < 4.78 is 6.34. The molecule has 1 aromatic carbocycles. The maximum atomic E-state index is 12.3. The number of aromatic nitrogens is 2. The van der Waals surface area contributed by atoms with Crippen LogP contribution >= 0.6 is 15.9 Å². The number of carbonyl (C=O) groups excluding carboxylic acids is 1. The van der Waals surface area contributed by atoms with Crippen molar-refractivity contribution in [1.82, 2.24) is 10.1 Å². The van der Waals surface area contributed by atoms with Crippen LogP contribution in [0.1, 0.15) is 43.3 Å². The maximum Gasteiger partial charge on any atom is 0.232 e. The molecule has 4 rings (SSSR count). The van der Waals surface area contributed by atoms with E-state index in [1.165, 1.54) is 0 Å². The van der Waals surface area contributed by atoms with Crippen LogP contribution in [0.5, 0.6) is 0 Å². The topological polar surface area (TPSA) is 85.2 Å². The summed E-state index contributed by atoms with van der Waals surface area (Å²) in [5, 5.41) is 4.04. The van der Waals surface area contributed by atoms with Crippen LogP contribution in [0.15, 0.2) is 33.3 Å². The molecule has 2 N–H and O–H groups in total. The highest BCUT2D eigenvalue weighted by Crippen LogP contribution is 2.38. The molecule has 2 heterocycles. The van der Waals surface area contributed by atoms with Crippen LogP contribution in [-0.4, -0.2) is 22.6 Å². The number of hydrogen-bond donors (Lipinski definition) is 1. The summed E-state index contributed by atoms with van der Waals surface area (Å²) in [4.78, 5) is 18.6. The van der Waals surface area contributed by atoms with Gasteiger partial charge in [0.15, 0.2) is 5.82 Å². The summed E-state index contributed by atoms with van der Waals surface area (Å²) >= 11 is 3.44. The van der Waals surface area contributed by atoms with E-state index in [9.17, 15) is 4.79 Å². The van der Waals surface area contributed by atoms with E-state index in [1.54, 1.807) is 4.90 Å². The number of amides is 1. The van der Waals surface area contributed by atoms with Gasteiger partial charge in [0, 0.05) is 23.1 Å². The Bertz CT molecular complexity index is 756. The molecule has 0 bridgehead atoms. The molecule has 1 aliphatic carbocycles. The molecule has 1 atom stereocenters. The van der Waals surface area contributed by atoms with Crippen molar-refractivity contribution in [3.63, 3.8) is 0 Å². The Morgan fingerprint density at radius 3 is 2.91 bits per heavy atom. The van der Waals surface area contributed by atoms with Crippen molar-refractivity contribution >= 4 is 27.5 Å². The molecule has 1 saturated heterocycles. The lowest BCUT2D eigenvalue weighted by Crippen LogP contribution is -2.44. The minimum Gasteiger partial charge on any atom is -0.339 e. The first-order chi connectivity index (χ1) is 11.0. The normalized spacial score (nSPS) is 23.1. The molecule has 23 heavy (non-hydrogen) atoms. The van der Waals surface area contributed by atoms with E-state index in [1.807, 2.05) is 24.3 Å². The van der Waals surface area contributed by atoms with Gasteiger partial charge in [-0.1, -0.05) is 27.2 Å². The fraction of sp³-hybridized carbons (Fsp3) is 0.438. The molecule has 6 nitrogen and oxygen atoms in total. The molecule has 1 unspecified atom stereocenters. The Kier molecular flexibility index (Phi) is 3.50. The predicted molar refractivity (Wildman–Crippen MR) is 87.9 cm³/mol. The van der Waals surface area contributed by atoms with E-state index in [0.717, 1.165) is 29.4 Å². The highest BCUT2D eigenvalue weighted by molar-refractivity contribution is 9.10. The highest BCUT2D eigenvalue weighted by atomic mass is 79.9. The van der Waals surface area contributed by atoms with Crippen molar-refractivity contribution in [1.29, 1.82) is 0 Å². The largest absolute Gasteiger partial charge is 0.339 e. The summed E-state index contributed by atoms with van der Waals surface area (Å²) in [6, 6.07) is 7.71. The van der Waals surface area contributed by atoms with E-state index in [4.69, 9.17) is 10.3 Å². The molecule has 0 spiro atoms. The van der Waals surface area contributed by atoms with Gasteiger partial charge in [0.25, 0.3) is 0 Å². The predicted octanol–water partition coefficient (Wildman–Crippen LogP) is 2.69. The molecule has 1 amide bonds. The quantitative estimate of drug-likeness (QED) is 0.889. The second-order valence-corrected chi connectivity index (χ2v) is 7.27. The van der Waals surface area contributed by atoms with Crippen molar-refractivity contribution in [2.24, 2.45) is 5.73 Å². The first-order valence-electron chi connectivity index (χ1n) is 7.74. The number of halogens is 1. The smallest absolute Gasteiger partial charge is 0.232 e. The second-order valence-electron chi connectivity index (χ2n) is 6.35. The number of nitrogens with two attached hydrogens (primary N) is 1. The monoisotopic (exact) mass is 376 g/mol. The van der Waals surface area contributed by atoms with Gasteiger partial charge >= 0.3 is 0 Å². The fourth-order valence-corrected chi connectivity index (χ4v) is 3.54. The van der Waals surface area contributed by atoms with Gasteiger partial charge in [0.2, 0.25) is 11.8 Å². The molecule has 120 valence electrons. The van der Waals surface area contributed by atoms with Crippen molar-refractivity contribution < 1.29 is 9.32 Å². The van der Waals surface area contributed by atoms with Crippen molar-refractivity contribution in [3.8, 4) is 0 Å². The zero-order valence-corrected chi connectivity index (χ0v) is 14.1. The third-order valence-electron chi connectivity index (χ3n) is 4.73. The van der Waals surface area contributed by atoms with E-state index in [0.29, 0.717) is 24.7 Å². The summed E-state index contributed by atoms with van der Waals surface area (Å²) in [5.41, 5.74) is 6.67. The van der Waals surface area contributed by atoms with E-state index >= 15 is 0 Å². The Hall–Kier alpha value is -1.73. The lowest BCUT2D eigenvalue weighted by atomic mass is 9.77. The Morgan fingerprint density at radius 2 is 2.22 bits per heavy atom. The molecule has 0 radical (unpaired) electrons. The van der Waals surface area contributed by atoms with Gasteiger partial charge in [-0.3, -0.25) is 4.79 Å². The lowest BCUT2D eigenvalue weighted by molar-refractivity contribution is -0.117. The standard InChI is InChI=1S/C16H17BrN4O2/c17-11-3-1-4-12(8-11)21-9-10(7-13(21)22)14-19-15(20-23-14)16(18)5-2-6-16/h1,3-4,8,10H,2,5-7,9,18H2. The Balaban J connectivity index is 1.54. The lowest BCUT2D eigenvalue weighted by Gasteiger charge is -2.34. The molecular weight excluding hydrogens is 360 g/mol. The van der Waals surface area contributed by atoms with Crippen LogP contribution in [0.3, 0.4) is 0 Å². The van der Waals surface area contributed by atoms with Crippen LogP contribution in [0.4, 0.5) is 5.69 Å². The van der Waals surface area contributed by atoms with Gasteiger partial charge in [-0.05, 0) is 37.5 Å². The molecule has 1 aliphatic heterocycles. The molecule has 2 aromatic rings. The number of rotatable bonds is 3. The molecule has 7 heteroatoms. The Morgan fingerprint density at radius 1 is 1.39 bits per heavy atom. The molecule has 1 saturated carbocycles. The summed E-state index contributed by atoms with van der Waals surface area (Å²) in [7, 11) is 0. The van der Waals surface area contributed by atoms with Crippen molar-refractivity contribution in [2.45, 2.75) is 37.1 Å². The minimum absolute atomic E-state index is 0.0685. The molecule has 2 aliphatic rings. The SMILES string of the molecule is NC1(c2noc(C3CC(=O)N(c4cccc(Br)c4)C3)n2)CCC1. The summed E-state index contributed by atoms with van der Waals surface area (Å²) in [6.07, 6.45) is 3.25. The first-order valence-corrected chi connectivity index (χ1v) is 8.53. The minimum atomic E-state index is -0.436. The van der Waals surface area contributed by atoms with Gasteiger partial charge in [-0.2, -0.15) is 4.98 Å². The average molecular weight is 377 g/mol. The van der Waals surface area contributed by atoms with Gasteiger partial charge < -0.3 is 15.2 Å². The molecule has 1 aromatic heterocycles. The van der Waals surface area contributed by atoms with Crippen LogP contribution in [0, 0.1) is 0 Å². The number of nitrogens with zero attached hydrogens (tertiary/aromatic N) is 3.